The molecule has 3 nitrogen and oxygen atoms in total. The molecule has 0 atom stereocenters. The molecule has 0 aromatic heterocycles. The third kappa shape index (κ3) is 5.95. The summed E-state index contributed by atoms with van der Waals surface area (Å²) in [6.07, 6.45) is 4.79. The first-order valence-electron chi connectivity index (χ1n) is 6.13. The fraction of sp³-hybridized carbons (Fsp3) is 0.500. The minimum absolute atomic E-state index is 0.302. The Balaban J connectivity index is 2.29. The molecule has 0 fully saturated rings. The van der Waals surface area contributed by atoms with Gasteiger partial charge in [-0.1, -0.05) is 38.3 Å². The van der Waals surface area contributed by atoms with Crippen molar-refractivity contribution >= 4 is 6.47 Å². The monoisotopic (exact) mass is 236 g/mol. The summed E-state index contributed by atoms with van der Waals surface area (Å²) in [5.41, 5.74) is 0.947. The van der Waals surface area contributed by atoms with Crippen LogP contribution in [-0.2, 0) is 16.1 Å². The summed E-state index contributed by atoms with van der Waals surface area (Å²) in [5, 5.41) is 0. The molecule has 0 N–H and O–H groups in total. The SMILES string of the molecule is CCCCCCOc1cccc(COC=O)c1. The second kappa shape index (κ2) is 8.62. The van der Waals surface area contributed by atoms with E-state index in [-0.39, 0.29) is 0 Å². The molecule has 1 aromatic rings. The molecule has 0 spiro atoms. The number of ether oxygens (including phenoxy) is 2. The Morgan fingerprint density at radius 3 is 2.88 bits per heavy atom. The Morgan fingerprint density at radius 1 is 1.24 bits per heavy atom. The molecule has 17 heavy (non-hydrogen) atoms. The van der Waals surface area contributed by atoms with Crippen molar-refractivity contribution in [2.24, 2.45) is 0 Å². The largest absolute Gasteiger partial charge is 0.494 e. The van der Waals surface area contributed by atoms with E-state index in [0.29, 0.717) is 13.1 Å². The van der Waals surface area contributed by atoms with Crippen LogP contribution >= 0.6 is 0 Å². The number of benzene rings is 1. The van der Waals surface area contributed by atoms with Crippen LogP contribution in [0, 0.1) is 0 Å². The molecule has 0 bridgehead atoms. The number of carbonyl (C=O) groups is 1. The third-order valence-corrected chi connectivity index (χ3v) is 2.48. The van der Waals surface area contributed by atoms with Crippen LogP contribution < -0.4 is 4.74 Å². The van der Waals surface area contributed by atoms with Crippen molar-refractivity contribution in [3.63, 3.8) is 0 Å². The van der Waals surface area contributed by atoms with Crippen LogP contribution in [0.4, 0.5) is 0 Å². The molecule has 1 aromatic carbocycles. The van der Waals surface area contributed by atoms with Crippen molar-refractivity contribution in [3.8, 4) is 5.75 Å². The van der Waals surface area contributed by atoms with Gasteiger partial charge in [-0.25, -0.2) is 0 Å². The predicted molar refractivity (Wildman–Crippen MR) is 66.9 cm³/mol. The van der Waals surface area contributed by atoms with E-state index in [4.69, 9.17) is 9.47 Å². The maximum absolute atomic E-state index is 10.1. The summed E-state index contributed by atoms with van der Waals surface area (Å²) in [6.45, 7) is 3.70. The summed E-state index contributed by atoms with van der Waals surface area (Å²) >= 11 is 0. The smallest absolute Gasteiger partial charge is 0.293 e. The van der Waals surface area contributed by atoms with Gasteiger partial charge in [0.05, 0.1) is 6.61 Å². The van der Waals surface area contributed by atoms with Crippen LogP contribution in [0.2, 0.25) is 0 Å². The van der Waals surface area contributed by atoms with Crippen LogP contribution in [0.3, 0.4) is 0 Å². The molecule has 0 amide bonds. The quantitative estimate of drug-likeness (QED) is 0.487. The van der Waals surface area contributed by atoms with Crippen LogP contribution in [0.25, 0.3) is 0 Å². The van der Waals surface area contributed by atoms with Crippen LogP contribution in [0.1, 0.15) is 38.2 Å². The number of hydrogen-bond donors (Lipinski definition) is 0. The minimum atomic E-state index is 0.302. The van der Waals surface area contributed by atoms with Gasteiger partial charge >= 0.3 is 0 Å². The number of hydrogen-bond acceptors (Lipinski definition) is 3. The highest BCUT2D eigenvalue weighted by Gasteiger charge is 1.97. The van der Waals surface area contributed by atoms with Crippen molar-refractivity contribution in [1.29, 1.82) is 0 Å². The highest BCUT2D eigenvalue weighted by Crippen LogP contribution is 2.14. The van der Waals surface area contributed by atoms with Gasteiger partial charge in [0.2, 0.25) is 0 Å². The van der Waals surface area contributed by atoms with E-state index in [1.165, 1.54) is 19.3 Å². The van der Waals surface area contributed by atoms with E-state index < -0.39 is 0 Å². The average molecular weight is 236 g/mol. The number of carbonyl (C=O) groups excluding carboxylic acids is 1. The normalized spacial score (nSPS) is 9.94. The predicted octanol–water partition coefficient (Wildman–Crippen LogP) is 3.32. The topological polar surface area (TPSA) is 35.5 Å². The third-order valence-electron chi connectivity index (χ3n) is 2.48. The zero-order valence-electron chi connectivity index (χ0n) is 10.4. The van der Waals surface area contributed by atoms with Gasteiger partial charge in [-0.2, -0.15) is 0 Å². The second-order valence-corrected chi connectivity index (χ2v) is 3.96. The molecule has 0 aliphatic carbocycles. The Hall–Kier alpha value is -1.51. The maximum atomic E-state index is 10.1. The van der Waals surface area contributed by atoms with Crippen molar-refractivity contribution < 1.29 is 14.3 Å². The van der Waals surface area contributed by atoms with Gasteiger partial charge in [0.1, 0.15) is 12.4 Å². The first kappa shape index (κ1) is 13.6. The standard InChI is InChI=1S/C14H20O3/c1-2-3-4-5-9-17-14-8-6-7-13(10-14)11-16-12-15/h6-8,10,12H,2-5,9,11H2,1H3. The van der Waals surface area contributed by atoms with Crippen molar-refractivity contribution in [3.05, 3.63) is 29.8 Å². The van der Waals surface area contributed by atoms with E-state index in [0.717, 1.165) is 24.3 Å². The molecule has 0 heterocycles. The molecule has 0 unspecified atom stereocenters. The second-order valence-electron chi connectivity index (χ2n) is 3.96. The van der Waals surface area contributed by atoms with Crippen molar-refractivity contribution in [2.75, 3.05) is 6.61 Å². The van der Waals surface area contributed by atoms with Gasteiger partial charge in [-0.05, 0) is 24.1 Å². The van der Waals surface area contributed by atoms with Gasteiger partial charge < -0.3 is 9.47 Å². The highest BCUT2D eigenvalue weighted by molar-refractivity contribution is 5.38. The molecule has 0 aliphatic rings. The lowest BCUT2D eigenvalue weighted by Crippen LogP contribution is -1.98. The van der Waals surface area contributed by atoms with Crippen LogP contribution in [0.5, 0.6) is 5.75 Å². The molecular weight excluding hydrogens is 216 g/mol. The molecule has 3 heteroatoms. The van der Waals surface area contributed by atoms with Gasteiger partial charge in [0, 0.05) is 0 Å². The lowest BCUT2D eigenvalue weighted by atomic mass is 10.2. The molecular formula is C14H20O3. The Morgan fingerprint density at radius 2 is 2.12 bits per heavy atom. The summed E-state index contributed by atoms with van der Waals surface area (Å²) < 4.78 is 10.3. The Bertz CT molecular complexity index is 323. The van der Waals surface area contributed by atoms with E-state index in [9.17, 15) is 4.79 Å². The first-order valence-corrected chi connectivity index (χ1v) is 6.13. The van der Waals surface area contributed by atoms with Gasteiger partial charge in [0.25, 0.3) is 6.47 Å². The molecule has 0 saturated carbocycles. The van der Waals surface area contributed by atoms with Crippen LogP contribution in [0.15, 0.2) is 24.3 Å². The van der Waals surface area contributed by atoms with E-state index in [1.54, 1.807) is 0 Å². The first-order chi connectivity index (χ1) is 8.36. The molecule has 0 aliphatic heterocycles. The minimum Gasteiger partial charge on any atom is -0.494 e. The molecule has 94 valence electrons. The fourth-order valence-corrected chi connectivity index (χ4v) is 1.57. The highest BCUT2D eigenvalue weighted by atomic mass is 16.5. The lowest BCUT2D eigenvalue weighted by molar-refractivity contribution is -0.129. The van der Waals surface area contributed by atoms with Crippen molar-refractivity contribution in [2.45, 2.75) is 39.2 Å². The van der Waals surface area contributed by atoms with Gasteiger partial charge in [0.15, 0.2) is 0 Å². The van der Waals surface area contributed by atoms with Gasteiger partial charge in [-0.15, -0.1) is 0 Å². The summed E-state index contributed by atoms with van der Waals surface area (Å²) in [7, 11) is 0. The van der Waals surface area contributed by atoms with E-state index in [1.807, 2.05) is 24.3 Å². The number of unbranched alkanes of at least 4 members (excludes halogenated alkanes) is 3. The summed E-state index contributed by atoms with van der Waals surface area (Å²) in [6, 6.07) is 7.64. The molecule has 1 rings (SSSR count). The maximum Gasteiger partial charge on any atom is 0.293 e. The average Bonchev–Trinajstić information content (AvgIpc) is 2.37. The van der Waals surface area contributed by atoms with Crippen LogP contribution in [-0.4, -0.2) is 13.1 Å². The van der Waals surface area contributed by atoms with E-state index >= 15 is 0 Å². The lowest BCUT2D eigenvalue weighted by Gasteiger charge is -2.07. The van der Waals surface area contributed by atoms with E-state index in [2.05, 4.69) is 6.92 Å². The zero-order chi connectivity index (χ0) is 12.3. The fourth-order valence-electron chi connectivity index (χ4n) is 1.57. The Kier molecular flexibility index (Phi) is 6.87. The molecule has 0 radical (unpaired) electrons. The summed E-state index contributed by atoms with van der Waals surface area (Å²) in [5.74, 6) is 0.841. The Labute approximate surface area is 103 Å². The van der Waals surface area contributed by atoms with Gasteiger partial charge in [-0.3, -0.25) is 4.79 Å². The zero-order valence-corrected chi connectivity index (χ0v) is 10.4. The molecule has 0 saturated heterocycles. The summed E-state index contributed by atoms with van der Waals surface area (Å²) in [4.78, 5) is 10.1. The number of rotatable bonds is 9. The van der Waals surface area contributed by atoms with Crippen molar-refractivity contribution in [1.82, 2.24) is 0 Å².